The van der Waals surface area contributed by atoms with Crippen molar-refractivity contribution in [1.29, 1.82) is 0 Å². The molecule has 3 aromatic rings. The van der Waals surface area contributed by atoms with Crippen LogP contribution in [0, 0.1) is 0 Å². The summed E-state index contributed by atoms with van der Waals surface area (Å²) in [5.74, 6) is 0.469. The van der Waals surface area contributed by atoms with Crippen LogP contribution in [0.4, 0.5) is 5.69 Å². The molecule has 1 N–H and O–H groups in total. The van der Waals surface area contributed by atoms with E-state index in [1.54, 1.807) is 25.3 Å². The Morgan fingerprint density at radius 3 is 2.10 bits per heavy atom. The molecular formula is C35H44ClN3O8S. The summed E-state index contributed by atoms with van der Waals surface area (Å²) in [6, 6.07) is 15.0. The highest BCUT2D eigenvalue weighted by molar-refractivity contribution is 7.92. The number of rotatable bonds is 15. The molecular weight excluding hydrogens is 658 g/mol. The molecule has 1 aliphatic carbocycles. The third-order valence-electron chi connectivity index (χ3n) is 8.48. The van der Waals surface area contributed by atoms with Crippen LogP contribution in [0.2, 0.25) is 5.02 Å². The number of nitrogens with zero attached hydrogens (tertiary/aromatic N) is 2. The molecule has 0 saturated heterocycles. The molecule has 0 bridgehead atoms. The van der Waals surface area contributed by atoms with Crippen molar-refractivity contribution in [2.75, 3.05) is 39.3 Å². The monoisotopic (exact) mass is 701 g/mol. The molecule has 48 heavy (non-hydrogen) atoms. The summed E-state index contributed by atoms with van der Waals surface area (Å²) in [7, 11) is 1.35. The Kier molecular flexibility index (Phi) is 12.8. The zero-order valence-corrected chi connectivity index (χ0v) is 29.6. The van der Waals surface area contributed by atoms with Gasteiger partial charge in [0, 0.05) is 23.7 Å². The van der Waals surface area contributed by atoms with Gasteiger partial charge in [-0.25, -0.2) is 8.42 Å². The van der Waals surface area contributed by atoms with E-state index in [2.05, 4.69) is 5.32 Å². The summed E-state index contributed by atoms with van der Waals surface area (Å²) in [4.78, 5) is 29.6. The van der Waals surface area contributed by atoms with Crippen LogP contribution in [0.3, 0.4) is 0 Å². The van der Waals surface area contributed by atoms with E-state index in [1.165, 1.54) is 56.6 Å². The van der Waals surface area contributed by atoms with E-state index in [9.17, 15) is 18.0 Å². The van der Waals surface area contributed by atoms with Crippen LogP contribution in [0.15, 0.2) is 65.6 Å². The maximum atomic E-state index is 14.5. The van der Waals surface area contributed by atoms with E-state index in [0.717, 1.165) is 42.0 Å². The average molecular weight is 702 g/mol. The molecule has 260 valence electrons. The van der Waals surface area contributed by atoms with Gasteiger partial charge in [-0.05, 0) is 67.3 Å². The molecule has 0 aromatic heterocycles. The first-order valence-corrected chi connectivity index (χ1v) is 17.7. The second kappa shape index (κ2) is 16.8. The van der Waals surface area contributed by atoms with Crippen molar-refractivity contribution in [1.82, 2.24) is 10.2 Å². The molecule has 4 rings (SSSR count). The molecule has 0 aliphatic heterocycles. The van der Waals surface area contributed by atoms with Crippen LogP contribution >= 0.6 is 11.6 Å². The number of carbonyl (C=O) groups is 2. The quantitative estimate of drug-likeness (QED) is 0.210. The zero-order valence-electron chi connectivity index (χ0n) is 28.0. The van der Waals surface area contributed by atoms with Gasteiger partial charge in [-0.2, -0.15) is 0 Å². The lowest BCUT2D eigenvalue weighted by molar-refractivity contribution is -0.140. The summed E-state index contributed by atoms with van der Waals surface area (Å²) in [6.45, 7) is 1.23. The Labute approximate surface area is 288 Å². The van der Waals surface area contributed by atoms with E-state index in [4.69, 9.17) is 30.5 Å². The maximum Gasteiger partial charge on any atom is 0.265 e. The lowest BCUT2D eigenvalue weighted by Crippen LogP contribution is -2.54. The van der Waals surface area contributed by atoms with Crippen molar-refractivity contribution in [2.24, 2.45) is 0 Å². The van der Waals surface area contributed by atoms with Crippen molar-refractivity contribution >= 4 is 39.1 Å². The van der Waals surface area contributed by atoms with Gasteiger partial charge in [0.2, 0.25) is 11.8 Å². The molecule has 0 spiro atoms. The van der Waals surface area contributed by atoms with E-state index in [0.29, 0.717) is 17.9 Å². The van der Waals surface area contributed by atoms with Gasteiger partial charge in [-0.15, -0.1) is 0 Å². The average Bonchev–Trinajstić information content (AvgIpc) is 3.10. The number of ether oxygens (including phenoxy) is 4. The van der Waals surface area contributed by atoms with Crippen LogP contribution in [0.5, 0.6) is 23.0 Å². The van der Waals surface area contributed by atoms with Gasteiger partial charge in [-0.1, -0.05) is 49.9 Å². The molecule has 0 heterocycles. The van der Waals surface area contributed by atoms with Crippen molar-refractivity contribution in [3.8, 4) is 23.0 Å². The number of hydrogen-bond acceptors (Lipinski definition) is 8. The number of anilines is 1. The molecule has 0 radical (unpaired) electrons. The number of nitrogens with one attached hydrogen (secondary N) is 1. The number of halogens is 1. The molecule has 1 fully saturated rings. The maximum absolute atomic E-state index is 14.5. The zero-order chi connectivity index (χ0) is 34.8. The standard InChI is InChI=1S/C35H44ClN3O8S/c1-6-29(35(41)37-26-10-8-7-9-11-26)38(22-24-12-15-27(44-2)16-13-24)34(40)23-39(30-20-25(36)14-18-31(30)45-3)48(42,43)28-17-19-32(46-4)33(21-28)47-5/h12-21,26,29H,6-11,22-23H2,1-5H3,(H,37,41)/t29-/m1/s1. The summed E-state index contributed by atoms with van der Waals surface area (Å²) < 4.78 is 51.4. The van der Waals surface area contributed by atoms with Crippen LogP contribution in [-0.2, 0) is 26.2 Å². The smallest absolute Gasteiger partial charge is 0.265 e. The summed E-state index contributed by atoms with van der Waals surface area (Å²) in [6.07, 6.45) is 5.24. The topological polar surface area (TPSA) is 124 Å². The van der Waals surface area contributed by atoms with Gasteiger partial charge in [0.25, 0.3) is 10.0 Å². The lowest BCUT2D eigenvalue weighted by Gasteiger charge is -2.34. The van der Waals surface area contributed by atoms with Gasteiger partial charge >= 0.3 is 0 Å². The fourth-order valence-corrected chi connectivity index (χ4v) is 7.47. The van der Waals surface area contributed by atoms with Crippen molar-refractivity contribution in [2.45, 2.75) is 69.0 Å². The third kappa shape index (κ3) is 8.65. The van der Waals surface area contributed by atoms with Gasteiger partial charge in [-0.3, -0.25) is 13.9 Å². The van der Waals surface area contributed by atoms with Crippen molar-refractivity contribution < 1.29 is 37.0 Å². The number of amides is 2. The first-order valence-electron chi connectivity index (χ1n) is 15.9. The Morgan fingerprint density at radius 1 is 0.854 bits per heavy atom. The molecule has 1 atom stereocenters. The first kappa shape index (κ1) is 36.7. The van der Waals surface area contributed by atoms with Crippen LogP contribution < -0.4 is 28.6 Å². The summed E-state index contributed by atoms with van der Waals surface area (Å²) >= 11 is 6.37. The largest absolute Gasteiger partial charge is 0.497 e. The van der Waals surface area contributed by atoms with Crippen LogP contribution in [-0.4, -0.2) is 72.2 Å². The highest BCUT2D eigenvalue weighted by Crippen LogP contribution is 2.37. The minimum absolute atomic E-state index is 0.0240. The number of hydrogen-bond donors (Lipinski definition) is 1. The second-order valence-electron chi connectivity index (χ2n) is 11.5. The Bertz CT molecular complexity index is 1660. The van der Waals surface area contributed by atoms with Gasteiger partial charge in [0.05, 0.1) is 39.0 Å². The summed E-state index contributed by atoms with van der Waals surface area (Å²) in [5.41, 5.74) is 0.792. The molecule has 13 heteroatoms. The van der Waals surface area contributed by atoms with E-state index in [1.807, 2.05) is 19.1 Å². The minimum Gasteiger partial charge on any atom is -0.497 e. The highest BCUT2D eigenvalue weighted by Gasteiger charge is 2.36. The normalized spacial score (nSPS) is 14.0. The van der Waals surface area contributed by atoms with E-state index < -0.39 is 28.5 Å². The Hall–Kier alpha value is -4.16. The lowest BCUT2D eigenvalue weighted by atomic mass is 9.95. The van der Waals surface area contributed by atoms with Gasteiger partial charge < -0.3 is 29.2 Å². The summed E-state index contributed by atoms with van der Waals surface area (Å²) in [5, 5.41) is 3.39. The second-order valence-corrected chi connectivity index (χ2v) is 13.8. The predicted octanol–water partition coefficient (Wildman–Crippen LogP) is 5.83. The highest BCUT2D eigenvalue weighted by atomic mass is 35.5. The number of benzene rings is 3. The number of sulfonamides is 1. The molecule has 1 saturated carbocycles. The van der Waals surface area contributed by atoms with Crippen molar-refractivity contribution in [3.05, 3.63) is 71.2 Å². The fraction of sp³-hybridized carbons (Fsp3) is 0.429. The Balaban J connectivity index is 1.79. The Morgan fingerprint density at radius 2 is 1.50 bits per heavy atom. The molecule has 2 amide bonds. The van der Waals surface area contributed by atoms with Crippen LogP contribution in [0.1, 0.15) is 51.0 Å². The first-order chi connectivity index (χ1) is 23.1. The van der Waals surface area contributed by atoms with Gasteiger partial charge in [0.1, 0.15) is 24.1 Å². The van der Waals surface area contributed by atoms with Crippen LogP contribution in [0.25, 0.3) is 0 Å². The molecule has 0 unspecified atom stereocenters. The minimum atomic E-state index is -4.45. The van der Waals surface area contributed by atoms with Crippen molar-refractivity contribution in [3.63, 3.8) is 0 Å². The number of carbonyl (C=O) groups excluding carboxylic acids is 2. The molecule has 1 aliphatic rings. The molecule has 11 nitrogen and oxygen atoms in total. The van der Waals surface area contributed by atoms with E-state index in [-0.39, 0.29) is 45.6 Å². The van der Waals surface area contributed by atoms with Gasteiger partial charge in [0.15, 0.2) is 11.5 Å². The fourth-order valence-electron chi connectivity index (χ4n) is 5.87. The molecule has 3 aromatic carbocycles. The number of methoxy groups -OCH3 is 4. The SMILES string of the molecule is CC[C@H](C(=O)NC1CCCCC1)N(Cc1ccc(OC)cc1)C(=O)CN(c1cc(Cl)ccc1OC)S(=O)(=O)c1ccc(OC)c(OC)c1. The predicted molar refractivity (Wildman–Crippen MR) is 185 cm³/mol. The third-order valence-corrected chi connectivity index (χ3v) is 10.5. The van der Waals surface area contributed by atoms with E-state index >= 15 is 0 Å².